The van der Waals surface area contributed by atoms with Gasteiger partial charge in [-0.05, 0) is 78.9 Å². The number of hydrogen-bond donors (Lipinski definition) is 4. The molecule has 1 spiro atoms. The second-order valence-corrected chi connectivity index (χ2v) is 10.6. The van der Waals surface area contributed by atoms with Crippen LogP contribution >= 0.6 is 0 Å². The molecule has 0 unspecified atom stereocenters. The van der Waals surface area contributed by atoms with Crippen molar-refractivity contribution in [1.29, 1.82) is 0 Å². The summed E-state index contributed by atoms with van der Waals surface area (Å²) in [5.74, 6) is 0.778. The average molecular weight is 338 g/mol. The first-order valence-electron chi connectivity index (χ1n) is 9.76. The molecule has 0 saturated heterocycles. The molecule has 0 radical (unpaired) electrons. The normalized spacial score (nSPS) is 58.9. The van der Waals surface area contributed by atoms with Crippen LogP contribution in [-0.4, -0.2) is 44.8 Å². The molecule has 0 amide bonds. The first kappa shape index (κ1) is 17.3. The molecule has 4 fully saturated rings. The van der Waals surface area contributed by atoms with E-state index in [1.165, 1.54) is 0 Å². The third-order valence-electron chi connectivity index (χ3n) is 8.67. The fourth-order valence-electron chi connectivity index (χ4n) is 8.52. The van der Waals surface area contributed by atoms with Gasteiger partial charge in [0.05, 0.1) is 24.4 Å². The van der Waals surface area contributed by atoms with Gasteiger partial charge in [0.1, 0.15) is 0 Å². The first-order valence-corrected chi connectivity index (χ1v) is 9.76. The first-order chi connectivity index (χ1) is 11.1. The third kappa shape index (κ3) is 2.06. The van der Waals surface area contributed by atoms with E-state index in [0.29, 0.717) is 12.3 Å². The second-order valence-electron chi connectivity index (χ2n) is 10.6. The predicted octanol–water partition coefficient (Wildman–Crippen LogP) is 2.08. The molecule has 4 heteroatoms. The van der Waals surface area contributed by atoms with E-state index >= 15 is 0 Å². The Morgan fingerprint density at radius 3 is 2.33 bits per heavy atom. The highest BCUT2D eigenvalue weighted by Crippen LogP contribution is 2.72. The molecule has 0 aromatic carbocycles. The SMILES string of the molecule is CC1(C)C[C@@H](O)C[C@]2(C)[C@@H]1[C@H](O)C[C@@]13C[C@@H](CC[C@H]12)[C@@](O)(CO)C3. The number of hydrogen-bond acceptors (Lipinski definition) is 4. The van der Waals surface area contributed by atoms with Crippen LogP contribution in [0.25, 0.3) is 0 Å². The Bertz CT molecular complexity index is 534. The highest BCUT2D eigenvalue weighted by atomic mass is 16.3. The molecule has 4 aliphatic carbocycles. The maximum absolute atomic E-state index is 11.2. The van der Waals surface area contributed by atoms with E-state index in [0.717, 1.165) is 38.5 Å². The molecular formula is C20H34O4. The quantitative estimate of drug-likeness (QED) is 0.590. The molecule has 4 aliphatic rings. The molecule has 138 valence electrons. The summed E-state index contributed by atoms with van der Waals surface area (Å²) >= 11 is 0. The summed E-state index contributed by atoms with van der Waals surface area (Å²) in [6.45, 7) is 6.51. The highest BCUT2D eigenvalue weighted by molar-refractivity contribution is 5.19. The Hall–Kier alpha value is -0.160. The molecule has 4 saturated carbocycles. The van der Waals surface area contributed by atoms with E-state index < -0.39 is 5.60 Å². The molecule has 0 heterocycles. The minimum Gasteiger partial charge on any atom is -0.393 e. The topological polar surface area (TPSA) is 80.9 Å². The molecule has 0 aliphatic heterocycles. The molecule has 4 N–H and O–H groups in total. The lowest BCUT2D eigenvalue weighted by molar-refractivity contribution is -0.216. The molecule has 2 bridgehead atoms. The van der Waals surface area contributed by atoms with Crippen molar-refractivity contribution < 1.29 is 20.4 Å². The van der Waals surface area contributed by atoms with Crippen LogP contribution in [0.15, 0.2) is 0 Å². The Morgan fingerprint density at radius 1 is 0.958 bits per heavy atom. The summed E-state index contributed by atoms with van der Waals surface area (Å²) in [5, 5.41) is 42.5. The van der Waals surface area contributed by atoms with E-state index in [2.05, 4.69) is 20.8 Å². The van der Waals surface area contributed by atoms with Gasteiger partial charge in [0.2, 0.25) is 0 Å². The Labute approximate surface area is 145 Å². The highest BCUT2D eigenvalue weighted by Gasteiger charge is 2.69. The standard InChI is InChI=1S/C20H34O4/c1-17(2)7-13(22)8-18(3)15-5-4-12-6-19(15,9-14(23)16(17)18)10-20(12,24)11-21/h12-16,21-24H,4-11H2,1-3H3/t12-,13-,14-,15+,16-,18+,19-,20+/m1/s1. The molecule has 24 heavy (non-hydrogen) atoms. The van der Waals surface area contributed by atoms with Gasteiger partial charge in [-0.25, -0.2) is 0 Å². The van der Waals surface area contributed by atoms with Crippen molar-refractivity contribution in [2.75, 3.05) is 6.61 Å². The zero-order valence-electron chi connectivity index (χ0n) is 15.3. The van der Waals surface area contributed by atoms with Crippen molar-refractivity contribution in [3.05, 3.63) is 0 Å². The maximum Gasteiger partial charge on any atom is 0.0910 e. The van der Waals surface area contributed by atoms with Crippen molar-refractivity contribution in [1.82, 2.24) is 0 Å². The van der Waals surface area contributed by atoms with E-state index in [1.807, 2.05) is 0 Å². The average Bonchev–Trinajstić information content (AvgIpc) is 2.63. The van der Waals surface area contributed by atoms with Crippen LogP contribution in [0.4, 0.5) is 0 Å². The van der Waals surface area contributed by atoms with Crippen molar-refractivity contribution in [2.45, 2.75) is 83.5 Å². The number of fused-ring (bicyclic) bond motifs is 3. The zero-order chi connectivity index (χ0) is 17.5. The van der Waals surface area contributed by atoms with E-state index in [-0.39, 0.29) is 46.9 Å². The summed E-state index contributed by atoms with van der Waals surface area (Å²) in [5.41, 5.74) is -1.21. The van der Waals surface area contributed by atoms with Crippen molar-refractivity contribution in [2.24, 2.45) is 34.0 Å². The van der Waals surface area contributed by atoms with Gasteiger partial charge < -0.3 is 20.4 Å². The largest absolute Gasteiger partial charge is 0.393 e. The Kier molecular flexibility index (Phi) is 3.57. The summed E-state index contributed by atoms with van der Waals surface area (Å²) in [6, 6.07) is 0. The number of rotatable bonds is 1. The van der Waals surface area contributed by atoms with Gasteiger partial charge >= 0.3 is 0 Å². The van der Waals surface area contributed by atoms with Crippen LogP contribution in [0.1, 0.15) is 65.7 Å². The van der Waals surface area contributed by atoms with Crippen molar-refractivity contribution >= 4 is 0 Å². The van der Waals surface area contributed by atoms with Gasteiger partial charge in [-0.1, -0.05) is 20.8 Å². The van der Waals surface area contributed by atoms with Gasteiger partial charge in [0.15, 0.2) is 0 Å². The summed E-state index contributed by atoms with van der Waals surface area (Å²) in [4.78, 5) is 0. The number of aliphatic hydroxyl groups is 4. The van der Waals surface area contributed by atoms with Gasteiger partial charge in [-0.3, -0.25) is 0 Å². The summed E-state index contributed by atoms with van der Waals surface area (Å²) in [7, 11) is 0. The molecule has 8 atom stereocenters. The van der Waals surface area contributed by atoms with Crippen LogP contribution in [-0.2, 0) is 0 Å². The maximum atomic E-state index is 11.2. The molecule has 0 aromatic heterocycles. The third-order valence-corrected chi connectivity index (χ3v) is 8.67. The van der Waals surface area contributed by atoms with Crippen molar-refractivity contribution in [3.63, 3.8) is 0 Å². The van der Waals surface area contributed by atoms with Gasteiger partial charge in [0, 0.05) is 0 Å². The number of aliphatic hydroxyl groups excluding tert-OH is 3. The van der Waals surface area contributed by atoms with Crippen LogP contribution in [0.3, 0.4) is 0 Å². The second kappa shape index (κ2) is 4.97. The van der Waals surface area contributed by atoms with Crippen molar-refractivity contribution in [3.8, 4) is 0 Å². The lowest BCUT2D eigenvalue weighted by Crippen LogP contribution is -2.63. The summed E-state index contributed by atoms with van der Waals surface area (Å²) < 4.78 is 0. The lowest BCUT2D eigenvalue weighted by atomic mass is 9.40. The smallest absolute Gasteiger partial charge is 0.0910 e. The Morgan fingerprint density at radius 2 is 1.67 bits per heavy atom. The van der Waals surface area contributed by atoms with Crippen LogP contribution < -0.4 is 0 Å². The minimum absolute atomic E-state index is 0.0712. The van der Waals surface area contributed by atoms with E-state index in [1.54, 1.807) is 0 Å². The molecule has 0 aromatic rings. The fourth-order valence-corrected chi connectivity index (χ4v) is 8.52. The van der Waals surface area contributed by atoms with Crippen LogP contribution in [0, 0.1) is 34.0 Å². The predicted molar refractivity (Wildman–Crippen MR) is 91.2 cm³/mol. The summed E-state index contributed by atoms with van der Waals surface area (Å²) in [6.07, 6.45) is 5.12. The van der Waals surface area contributed by atoms with Crippen LogP contribution in [0.5, 0.6) is 0 Å². The Balaban J connectivity index is 1.77. The molecular weight excluding hydrogens is 304 g/mol. The monoisotopic (exact) mass is 338 g/mol. The fraction of sp³-hybridized carbons (Fsp3) is 1.00. The molecule has 4 nitrogen and oxygen atoms in total. The van der Waals surface area contributed by atoms with Gasteiger partial charge in [-0.2, -0.15) is 0 Å². The van der Waals surface area contributed by atoms with E-state index in [4.69, 9.17) is 0 Å². The van der Waals surface area contributed by atoms with Gasteiger partial charge in [0.25, 0.3) is 0 Å². The molecule has 4 rings (SSSR count). The zero-order valence-corrected chi connectivity index (χ0v) is 15.3. The van der Waals surface area contributed by atoms with Crippen LogP contribution in [0.2, 0.25) is 0 Å². The van der Waals surface area contributed by atoms with E-state index in [9.17, 15) is 20.4 Å². The van der Waals surface area contributed by atoms with Gasteiger partial charge in [-0.15, -0.1) is 0 Å². The minimum atomic E-state index is -0.972. The lowest BCUT2D eigenvalue weighted by Gasteiger charge is -2.66.